The molecule has 0 atom stereocenters. The van der Waals surface area contributed by atoms with Crippen LogP contribution in [0.4, 0.5) is 0 Å². The van der Waals surface area contributed by atoms with Crippen molar-refractivity contribution >= 4 is 5.91 Å². The first-order valence-corrected chi connectivity index (χ1v) is 7.32. The van der Waals surface area contributed by atoms with Crippen molar-refractivity contribution in [1.29, 1.82) is 0 Å². The van der Waals surface area contributed by atoms with Crippen molar-refractivity contribution in [2.45, 2.75) is 20.3 Å². The van der Waals surface area contributed by atoms with Crippen LogP contribution in [0.3, 0.4) is 0 Å². The van der Waals surface area contributed by atoms with Gasteiger partial charge in [0.25, 0.3) is 5.91 Å². The molecule has 112 valence electrons. The third kappa shape index (κ3) is 4.16. The maximum atomic E-state index is 12.0. The molecule has 1 heterocycles. The largest absolute Gasteiger partial charge is 0.351 e. The first-order valence-electron chi connectivity index (χ1n) is 7.32. The predicted octanol–water partition coefficient (Wildman–Crippen LogP) is 1.91. The Hall–Kier alpha value is -2.14. The third-order valence-electron chi connectivity index (χ3n) is 3.22. The van der Waals surface area contributed by atoms with Crippen LogP contribution >= 0.6 is 0 Å². The SMILES string of the molecule is CCCNCCNC(=O)c1cnn(-c2ccccc2C)c1. The molecule has 1 aromatic heterocycles. The number of rotatable bonds is 7. The lowest BCUT2D eigenvalue weighted by atomic mass is 10.2. The van der Waals surface area contributed by atoms with Gasteiger partial charge in [0.2, 0.25) is 0 Å². The van der Waals surface area contributed by atoms with E-state index < -0.39 is 0 Å². The van der Waals surface area contributed by atoms with Gasteiger partial charge in [-0.05, 0) is 31.5 Å². The van der Waals surface area contributed by atoms with E-state index in [1.165, 1.54) is 0 Å². The molecule has 0 fully saturated rings. The average molecular weight is 286 g/mol. The van der Waals surface area contributed by atoms with Gasteiger partial charge in [-0.3, -0.25) is 4.79 Å². The number of carbonyl (C=O) groups is 1. The number of amides is 1. The number of hydrogen-bond donors (Lipinski definition) is 2. The fraction of sp³-hybridized carbons (Fsp3) is 0.375. The van der Waals surface area contributed by atoms with E-state index in [4.69, 9.17) is 0 Å². The Morgan fingerprint density at radius 3 is 2.81 bits per heavy atom. The van der Waals surface area contributed by atoms with Crippen LogP contribution in [0.25, 0.3) is 5.69 Å². The molecule has 0 radical (unpaired) electrons. The van der Waals surface area contributed by atoms with Crippen molar-refractivity contribution < 1.29 is 4.79 Å². The van der Waals surface area contributed by atoms with Crippen LogP contribution < -0.4 is 10.6 Å². The number of nitrogens with one attached hydrogen (secondary N) is 2. The Labute approximate surface area is 125 Å². The van der Waals surface area contributed by atoms with E-state index in [1.807, 2.05) is 31.2 Å². The molecule has 2 rings (SSSR count). The number of aromatic nitrogens is 2. The van der Waals surface area contributed by atoms with E-state index in [0.717, 1.165) is 30.8 Å². The molecule has 0 aliphatic carbocycles. The summed E-state index contributed by atoms with van der Waals surface area (Å²) in [6.07, 6.45) is 4.45. The summed E-state index contributed by atoms with van der Waals surface area (Å²) >= 11 is 0. The number of benzene rings is 1. The summed E-state index contributed by atoms with van der Waals surface area (Å²) in [4.78, 5) is 12.0. The minimum Gasteiger partial charge on any atom is -0.351 e. The van der Waals surface area contributed by atoms with Crippen molar-refractivity contribution in [1.82, 2.24) is 20.4 Å². The number of hydrogen-bond acceptors (Lipinski definition) is 3. The highest BCUT2D eigenvalue weighted by Crippen LogP contribution is 2.12. The molecule has 2 N–H and O–H groups in total. The van der Waals surface area contributed by atoms with Gasteiger partial charge in [-0.1, -0.05) is 25.1 Å². The fourth-order valence-corrected chi connectivity index (χ4v) is 2.06. The number of aryl methyl sites for hydroxylation is 1. The molecule has 1 amide bonds. The normalized spacial score (nSPS) is 10.6. The van der Waals surface area contributed by atoms with Gasteiger partial charge < -0.3 is 10.6 Å². The maximum absolute atomic E-state index is 12.0. The van der Waals surface area contributed by atoms with Crippen LogP contribution in [0.2, 0.25) is 0 Å². The van der Waals surface area contributed by atoms with Crippen molar-refractivity contribution in [3.8, 4) is 5.69 Å². The standard InChI is InChI=1S/C16H22N4O/c1-3-8-17-9-10-18-16(21)14-11-19-20(12-14)15-7-5-4-6-13(15)2/h4-7,11-12,17H,3,8-10H2,1-2H3,(H,18,21). The van der Waals surface area contributed by atoms with Gasteiger partial charge in [0.05, 0.1) is 17.4 Å². The van der Waals surface area contributed by atoms with E-state index in [-0.39, 0.29) is 5.91 Å². The van der Waals surface area contributed by atoms with Gasteiger partial charge in [0.1, 0.15) is 0 Å². The zero-order chi connectivity index (χ0) is 15.1. The van der Waals surface area contributed by atoms with E-state index in [2.05, 4.69) is 22.7 Å². The number of para-hydroxylation sites is 1. The molecule has 21 heavy (non-hydrogen) atoms. The molecule has 0 saturated heterocycles. The third-order valence-corrected chi connectivity index (χ3v) is 3.22. The summed E-state index contributed by atoms with van der Waals surface area (Å²) in [6, 6.07) is 7.96. The zero-order valence-corrected chi connectivity index (χ0v) is 12.6. The van der Waals surface area contributed by atoms with Gasteiger partial charge in [0.15, 0.2) is 0 Å². The Morgan fingerprint density at radius 1 is 1.24 bits per heavy atom. The Kier molecular flexibility index (Phi) is 5.51. The Bertz CT molecular complexity index is 591. The summed E-state index contributed by atoms with van der Waals surface area (Å²) in [7, 11) is 0. The minimum atomic E-state index is -0.0897. The topological polar surface area (TPSA) is 58.9 Å². The molecular weight excluding hydrogens is 264 g/mol. The van der Waals surface area contributed by atoms with E-state index >= 15 is 0 Å². The highest BCUT2D eigenvalue weighted by atomic mass is 16.1. The molecular formula is C16H22N4O. The molecule has 5 nitrogen and oxygen atoms in total. The fourth-order valence-electron chi connectivity index (χ4n) is 2.06. The van der Waals surface area contributed by atoms with Crippen LogP contribution in [-0.4, -0.2) is 35.3 Å². The molecule has 0 spiro atoms. The van der Waals surface area contributed by atoms with Gasteiger partial charge in [-0.25, -0.2) is 4.68 Å². The van der Waals surface area contributed by atoms with Crippen molar-refractivity contribution in [3.05, 3.63) is 47.8 Å². The van der Waals surface area contributed by atoms with Gasteiger partial charge in [-0.2, -0.15) is 5.10 Å². The van der Waals surface area contributed by atoms with Crippen LogP contribution in [0.15, 0.2) is 36.7 Å². The smallest absolute Gasteiger partial charge is 0.254 e. The van der Waals surface area contributed by atoms with Crippen LogP contribution in [-0.2, 0) is 0 Å². The van der Waals surface area contributed by atoms with Crippen molar-refractivity contribution in [2.75, 3.05) is 19.6 Å². The predicted molar refractivity (Wildman–Crippen MR) is 83.8 cm³/mol. The molecule has 0 unspecified atom stereocenters. The van der Waals surface area contributed by atoms with Crippen molar-refractivity contribution in [3.63, 3.8) is 0 Å². The second kappa shape index (κ2) is 7.59. The number of nitrogens with zero attached hydrogens (tertiary/aromatic N) is 2. The van der Waals surface area contributed by atoms with Gasteiger partial charge >= 0.3 is 0 Å². The summed E-state index contributed by atoms with van der Waals surface area (Å²) in [6.45, 7) is 6.52. The zero-order valence-electron chi connectivity index (χ0n) is 12.6. The molecule has 2 aromatic rings. The summed E-state index contributed by atoms with van der Waals surface area (Å²) in [5.41, 5.74) is 2.69. The Morgan fingerprint density at radius 2 is 2.05 bits per heavy atom. The van der Waals surface area contributed by atoms with Crippen LogP contribution in [0.1, 0.15) is 29.3 Å². The summed E-state index contributed by atoms with van der Waals surface area (Å²) < 4.78 is 1.74. The average Bonchev–Trinajstić information content (AvgIpc) is 2.97. The first kappa shape index (κ1) is 15.3. The first-order chi connectivity index (χ1) is 10.2. The Balaban J connectivity index is 1.94. The minimum absolute atomic E-state index is 0.0897. The highest BCUT2D eigenvalue weighted by molar-refractivity contribution is 5.93. The van der Waals surface area contributed by atoms with Gasteiger partial charge in [0, 0.05) is 19.3 Å². The molecule has 1 aromatic carbocycles. The lowest BCUT2D eigenvalue weighted by Gasteiger charge is -2.05. The van der Waals surface area contributed by atoms with Crippen LogP contribution in [0.5, 0.6) is 0 Å². The highest BCUT2D eigenvalue weighted by Gasteiger charge is 2.09. The monoisotopic (exact) mass is 286 g/mol. The molecule has 0 aliphatic heterocycles. The lowest BCUT2D eigenvalue weighted by Crippen LogP contribution is -2.31. The second-order valence-electron chi connectivity index (χ2n) is 4.97. The molecule has 0 aliphatic rings. The maximum Gasteiger partial charge on any atom is 0.254 e. The van der Waals surface area contributed by atoms with Crippen molar-refractivity contribution in [2.24, 2.45) is 0 Å². The van der Waals surface area contributed by atoms with E-state index in [9.17, 15) is 4.79 Å². The van der Waals surface area contributed by atoms with Gasteiger partial charge in [-0.15, -0.1) is 0 Å². The summed E-state index contributed by atoms with van der Waals surface area (Å²) in [5.74, 6) is -0.0897. The molecule has 5 heteroatoms. The van der Waals surface area contributed by atoms with E-state index in [0.29, 0.717) is 12.1 Å². The summed E-state index contributed by atoms with van der Waals surface area (Å²) in [5, 5.41) is 10.4. The second-order valence-corrected chi connectivity index (χ2v) is 4.97. The van der Waals surface area contributed by atoms with E-state index in [1.54, 1.807) is 17.1 Å². The number of carbonyl (C=O) groups excluding carboxylic acids is 1. The quantitative estimate of drug-likeness (QED) is 0.764. The molecule has 0 bridgehead atoms. The van der Waals surface area contributed by atoms with Crippen LogP contribution in [0, 0.1) is 6.92 Å². The lowest BCUT2D eigenvalue weighted by molar-refractivity contribution is 0.0954. The molecule has 0 saturated carbocycles.